The summed E-state index contributed by atoms with van der Waals surface area (Å²) in [7, 11) is 0. The SMILES string of the molecule is CCCNCCc1ncc(C(C)C2CC2)o1. The zero-order valence-corrected chi connectivity index (χ0v) is 10.3. The van der Waals surface area contributed by atoms with Gasteiger partial charge in [-0.15, -0.1) is 0 Å². The molecule has 0 saturated heterocycles. The van der Waals surface area contributed by atoms with Crippen LogP contribution in [0.4, 0.5) is 0 Å². The molecule has 3 heteroatoms. The van der Waals surface area contributed by atoms with Gasteiger partial charge < -0.3 is 9.73 Å². The first-order valence-corrected chi connectivity index (χ1v) is 6.46. The van der Waals surface area contributed by atoms with E-state index in [9.17, 15) is 0 Å². The second-order valence-electron chi connectivity index (χ2n) is 4.78. The van der Waals surface area contributed by atoms with Crippen LogP contribution in [0.15, 0.2) is 10.6 Å². The zero-order chi connectivity index (χ0) is 11.4. The number of hydrogen-bond donors (Lipinski definition) is 1. The van der Waals surface area contributed by atoms with E-state index in [1.165, 1.54) is 19.3 Å². The molecule has 0 aliphatic heterocycles. The molecule has 0 bridgehead atoms. The van der Waals surface area contributed by atoms with E-state index >= 15 is 0 Å². The van der Waals surface area contributed by atoms with Crippen LogP contribution in [0.5, 0.6) is 0 Å². The standard InChI is InChI=1S/C13H22N2O/c1-3-7-14-8-6-13-15-9-12(16-13)10(2)11-4-5-11/h9-11,14H,3-8H2,1-2H3. The zero-order valence-electron chi connectivity index (χ0n) is 10.3. The van der Waals surface area contributed by atoms with E-state index in [4.69, 9.17) is 4.42 Å². The summed E-state index contributed by atoms with van der Waals surface area (Å²) in [6.45, 7) is 6.46. The average Bonchev–Trinajstić information content (AvgIpc) is 3.03. The van der Waals surface area contributed by atoms with Gasteiger partial charge in [-0.3, -0.25) is 0 Å². The Kier molecular flexibility index (Phi) is 3.99. The summed E-state index contributed by atoms with van der Waals surface area (Å²) < 4.78 is 5.78. The van der Waals surface area contributed by atoms with E-state index in [-0.39, 0.29) is 0 Å². The quantitative estimate of drug-likeness (QED) is 0.721. The number of hydrogen-bond acceptors (Lipinski definition) is 3. The molecule has 2 rings (SSSR count). The maximum Gasteiger partial charge on any atom is 0.195 e. The molecule has 90 valence electrons. The molecule has 0 aromatic carbocycles. The molecule has 16 heavy (non-hydrogen) atoms. The van der Waals surface area contributed by atoms with E-state index in [1.54, 1.807) is 0 Å². The molecule has 0 amide bonds. The second kappa shape index (κ2) is 5.48. The van der Waals surface area contributed by atoms with Crippen molar-refractivity contribution in [2.45, 2.75) is 45.4 Å². The van der Waals surface area contributed by atoms with Gasteiger partial charge in [0.1, 0.15) is 5.76 Å². The highest BCUT2D eigenvalue weighted by molar-refractivity contribution is 5.05. The van der Waals surface area contributed by atoms with E-state index in [0.29, 0.717) is 5.92 Å². The first kappa shape index (κ1) is 11.6. The van der Waals surface area contributed by atoms with Crippen molar-refractivity contribution in [3.05, 3.63) is 17.8 Å². The molecule has 1 fully saturated rings. The monoisotopic (exact) mass is 222 g/mol. The number of aromatic nitrogens is 1. The summed E-state index contributed by atoms with van der Waals surface area (Å²) in [6, 6.07) is 0. The molecular formula is C13H22N2O. The van der Waals surface area contributed by atoms with Crippen LogP contribution in [0.25, 0.3) is 0 Å². The molecule has 1 saturated carbocycles. The molecule has 3 nitrogen and oxygen atoms in total. The first-order valence-electron chi connectivity index (χ1n) is 6.46. The lowest BCUT2D eigenvalue weighted by molar-refractivity contribution is 0.413. The Morgan fingerprint density at radius 2 is 2.31 bits per heavy atom. The van der Waals surface area contributed by atoms with Gasteiger partial charge >= 0.3 is 0 Å². The van der Waals surface area contributed by atoms with Crippen LogP contribution in [0, 0.1) is 5.92 Å². The van der Waals surface area contributed by atoms with Gasteiger partial charge in [-0.1, -0.05) is 13.8 Å². The van der Waals surface area contributed by atoms with Crippen molar-refractivity contribution >= 4 is 0 Å². The minimum Gasteiger partial charge on any atom is -0.445 e. The Morgan fingerprint density at radius 1 is 1.50 bits per heavy atom. The van der Waals surface area contributed by atoms with Crippen molar-refractivity contribution in [2.24, 2.45) is 5.92 Å². The Bertz CT molecular complexity index is 317. The molecule has 1 aromatic heterocycles. The smallest absolute Gasteiger partial charge is 0.195 e. The third kappa shape index (κ3) is 3.08. The molecule has 0 spiro atoms. The number of nitrogens with one attached hydrogen (secondary N) is 1. The van der Waals surface area contributed by atoms with Gasteiger partial charge in [-0.2, -0.15) is 0 Å². The summed E-state index contributed by atoms with van der Waals surface area (Å²) >= 11 is 0. The summed E-state index contributed by atoms with van der Waals surface area (Å²) in [6.07, 6.45) is 6.70. The van der Waals surface area contributed by atoms with E-state index in [1.807, 2.05) is 6.20 Å². The highest BCUT2D eigenvalue weighted by Gasteiger charge is 2.31. The van der Waals surface area contributed by atoms with E-state index < -0.39 is 0 Å². The average molecular weight is 222 g/mol. The first-order chi connectivity index (χ1) is 7.81. The van der Waals surface area contributed by atoms with Crippen molar-refractivity contribution in [2.75, 3.05) is 13.1 Å². The molecule has 1 aromatic rings. The van der Waals surface area contributed by atoms with Crippen LogP contribution >= 0.6 is 0 Å². The second-order valence-corrected chi connectivity index (χ2v) is 4.78. The fourth-order valence-electron chi connectivity index (χ4n) is 1.98. The van der Waals surface area contributed by atoms with Crippen molar-refractivity contribution < 1.29 is 4.42 Å². The van der Waals surface area contributed by atoms with Gasteiger partial charge in [-0.05, 0) is 31.7 Å². The van der Waals surface area contributed by atoms with Crippen LogP contribution in [-0.2, 0) is 6.42 Å². The van der Waals surface area contributed by atoms with Crippen molar-refractivity contribution in [1.29, 1.82) is 0 Å². The fourth-order valence-corrected chi connectivity index (χ4v) is 1.98. The maximum atomic E-state index is 5.78. The highest BCUT2D eigenvalue weighted by Crippen LogP contribution is 2.42. The van der Waals surface area contributed by atoms with Gasteiger partial charge in [0.15, 0.2) is 5.89 Å². The lowest BCUT2D eigenvalue weighted by Crippen LogP contribution is -2.17. The molecular weight excluding hydrogens is 200 g/mol. The Morgan fingerprint density at radius 3 is 3.00 bits per heavy atom. The predicted octanol–water partition coefficient (Wildman–Crippen LogP) is 2.73. The number of rotatable bonds is 7. The van der Waals surface area contributed by atoms with Gasteiger partial charge in [-0.25, -0.2) is 4.98 Å². The molecule has 1 unspecified atom stereocenters. The van der Waals surface area contributed by atoms with Gasteiger partial charge in [0.25, 0.3) is 0 Å². The Balaban J connectivity index is 1.77. The lowest BCUT2D eigenvalue weighted by atomic mass is 10.0. The maximum absolute atomic E-state index is 5.78. The third-order valence-corrected chi connectivity index (χ3v) is 3.29. The Labute approximate surface area is 97.6 Å². The van der Waals surface area contributed by atoms with Crippen LogP contribution in [-0.4, -0.2) is 18.1 Å². The molecule has 1 aliphatic rings. The minimum absolute atomic E-state index is 0.560. The van der Waals surface area contributed by atoms with Crippen molar-refractivity contribution in [3.8, 4) is 0 Å². The van der Waals surface area contributed by atoms with Gasteiger partial charge in [0.05, 0.1) is 6.20 Å². The van der Waals surface area contributed by atoms with E-state index in [0.717, 1.165) is 37.1 Å². The van der Waals surface area contributed by atoms with Gasteiger partial charge in [0, 0.05) is 18.9 Å². The largest absolute Gasteiger partial charge is 0.445 e. The summed E-state index contributed by atoms with van der Waals surface area (Å²) in [5, 5.41) is 3.36. The highest BCUT2D eigenvalue weighted by atomic mass is 16.4. The molecule has 1 heterocycles. The number of oxazole rings is 1. The van der Waals surface area contributed by atoms with Crippen LogP contribution in [0.1, 0.15) is 50.7 Å². The summed E-state index contributed by atoms with van der Waals surface area (Å²) in [5.41, 5.74) is 0. The van der Waals surface area contributed by atoms with Crippen LogP contribution < -0.4 is 5.32 Å². The topological polar surface area (TPSA) is 38.1 Å². The number of nitrogens with zero attached hydrogens (tertiary/aromatic N) is 1. The molecule has 1 N–H and O–H groups in total. The predicted molar refractivity (Wildman–Crippen MR) is 64.5 cm³/mol. The third-order valence-electron chi connectivity index (χ3n) is 3.29. The van der Waals surface area contributed by atoms with Gasteiger partial charge in [0.2, 0.25) is 0 Å². The normalized spacial score (nSPS) is 17.6. The molecule has 0 radical (unpaired) electrons. The molecule has 1 atom stereocenters. The Hall–Kier alpha value is -0.830. The fraction of sp³-hybridized carbons (Fsp3) is 0.769. The lowest BCUT2D eigenvalue weighted by Gasteiger charge is -2.04. The van der Waals surface area contributed by atoms with Crippen LogP contribution in [0.3, 0.4) is 0 Å². The molecule has 1 aliphatic carbocycles. The minimum atomic E-state index is 0.560. The summed E-state index contributed by atoms with van der Waals surface area (Å²) in [5.74, 6) is 3.36. The van der Waals surface area contributed by atoms with Crippen molar-refractivity contribution in [1.82, 2.24) is 10.3 Å². The van der Waals surface area contributed by atoms with E-state index in [2.05, 4.69) is 24.1 Å². The van der Waals surface area contributed by atoms with Crippen LogP contribution in [0.2, 0.25) is 0 Å². The van der Waals surface area contributed by atoms with Crippen molar-refractivity contribution in [3.63, 3.8) is 0 Å². The summed E-state index contributed by atoms with van der Waals surface area (Å²) in [4.78, 5) is 4.34.